The van der Waals surface area contributed by atoms with Gasteiger partial charge in [0.25, 0.3) is 0 Å². The van der Waals surface area contributed by atoms with Crippen molar-refractivity contribution in [2.75, 3.05) is 26.1 Å². The first-order chi connectivity index (χ1) is 14.7. The Hall–Kier alpha value is -3.11. The lowest BCUT2D eigenvalue weighted by Crippen LogP contribution is -2.43. The second kappa shape index (κ2) is 8.94. The van der Waals surface area contributed by atoms with Crippen LogP contribution in [0.15, 0.2) is 41.3 Å². The van der Waals surface area contributed by atoms with Gasteiger partial charge >= 0.3 is 5.97 Å². The molecule has 166 valence electrons. The molecule has 0 aromatic heterocycles. The largest absolute Gasteiger partial charge is 0.493 e. The Bertz CT molecular complexity index is 1110. The van der Waals surface area contributed by atoms with E-state index in [9.17, 15) is 23.1 Å². The van der Waals surface area contributed by atoms with Crippen molar-refractivity contribution >= 4 is 27.6 Å². The van der Waals surface area contributed by atoms with Gasteiger partial charge in [-0.05, 0) is 49.6 Å². The molecule has 10 heteroatoms. The van der Waals surface area contributed by atoms with Gasteiger partial charge in [0.1, 0.15) is 6.04 Å². The van der Waals surface area contributed by atoms with Crippen molar-refractivity contribution < 1.29 is 32.6 Å². The van der Waals surface area contributed by atoms with Gasteiger partial charge in [0.05, 0.1) is 24.7 Å². The van der Waals surface area contributed by atoms with Crippen LogP contribution in [0.4, 0.5) is 5.69 Å². The zero-order chi connectivity index (χ0) is 22.8. The van der Waals surface area contributed by atoms with Crippen LogP contribution in [0.25, 0.3) is 0 Å². The van der Waals surface area contributed by atoms with E-state index in [1.165, 1.54) is 48.9 Å². The minimum atomic E-state index is -3.97. The first kappa shape index (κ1) is 22.6. The number of nitrogens with zero attached hydrogens (tertiary/aromatic N) is 1. The Morgan fingerprint density at radius 1 is 1.10 bits per heavy atom. The normalized spacial score (nSPS) is 16.7. The molecule has 31 heavy (non-hydrogen) atoms. The highest BCUT2D eigenvalue weighted by atomic mass is 32.2. The van der Waals surface area contributed by atoms with Crippen LogP contribution in [0.5, 0.6) is 11.5 Å². The van der Waals surface area contributed by atoms with Crippen molar-refractivity contribution in [1.29, 1.82) is 0 Å². The van der Waals surface area contributed by atoms with Crippen LogP contribution >= 0.6 is 0 Å². The Morgan fingerprint density at radius 2 is 1.81 bits per heavy atom. The average Bonchev–Trinajstić information content (AvgIpc) is 3.25. The maximum absolute atomic E-state index is 13.3. The molecule has 0 bridgehead atoms. The monoisotopic (exact) mass is 448 g/mol. The second-order valence-corrected chi connectivity index (χ2v) is 9.01. The zero-order valence-electron chi connectivity index (χ0n) is 17.4. The lowest BCUT2D eigenvalue weighted by molar-refractivity contribution is -0.119. The van der Waals surface area contributed by atoms with Gasteiger partial charge in [-0.1, -0.05) is 6.07 Å². The van der Waals surface area contributed by atoms with Crippen LogP contribution in [-0.2, 0) is 14.8 Å². The number of carbonyl (C=O) groups excluding carboxylic acids is 1. The highest BCUT2D eigenvalue weighted by molar-refractivity contribution is 7.89. The highest BCUT2D eigenvalue weighted by Gasteiger charge is 2.40. The molecule has 1 aliphatic rings. The maximum atomic E-state index is 13.3. The van der Waals surface area contributed by atoms with Crippen LogP contribution < -0.4 is 14.8 Å². The number of aromatic carboxylic acids is 1. The molecule has 1 aliphatic heterocycles. The Kier molecular flexibility index (Phi) is 6.51. The number of carboxylic acid groups (broad SMARTS) is 1. The fourth-order valence-electron chi connectivity index (χ4n) is 3.51. The van der Waals surface area contributed by atoms with Crippen molar-refractivity contribution in [2.24, 2.45) is 0 Å². The smallest absolute Gasteiger partial charge is 0.335 e. The summed E-state index contributed by atoms with van der Waals surface area (Å²) in [5, 5.41) is 11.9. The number of amides is 1. The lowest BCUT2D eigenvalue weighted by Gasteiger charge is -2.24. The SMILES string of the molecule is COc1ccc(S(=O)(=O)N2CCCC2C(=O)Nc2cc(C(=O)O)ccc2C)cc1OC. The second-order valence-electron chi connectivity index (χ2n) is 7.11. The fraction of sp³-hybridized carbons (Fsp3) is 0.333. The summed E-state index contributed by atoms with van der Waals surface area (Å²) < 4.78 is 38.0. The number of nitrogens with one attached hydrogen (secondary N) is 1. The standard InChI is InChI=1S/C21H24N2O7S/c1-13-6-7-14(21(25)26)11-16(13)22-20(24)17-5-4-10-23(17)31(27,28)15-8-9-18(29-2)19(12-15)30-3/h6-9,11-12,17H,4-5,10H2,1-3H3,(H,22,24)(H,25,26). The van der Waals surface area contributed by atoms with Gasteiger partial charge < -0.3 is 19.9 Å². The molecule has 2 aromatic carbocycles. The number of rotatable bonds is 7. The molecule has 0 saturated carbocycles. The van der Waals surface area contributed by atoms with Gasteiger partial charge in [-0.2, -0.15) is 4.31 Å². The first-order valence-electron chi connectivity index (χ1n) is 9.57. The van der Waals surface area contributed by atoms with E-state index in [0.717, 1.165) is 0 Å². The van der Waals surface area contributed by atoms with Crippen molar-refractivity contribution in [1.82, 2.24) is 4.31 Å². The molecule has 1 unspecified atom stereocenters. The van der Waals surface area contributed by atoms with Crippen LogP contribution in [0.1, 0.15) is 28.8 Å². The number of hydrogen-bond acceptors (Lipinski definition) is 6. The van der Waals surface area contributed by atoms with Crippen LogP contribution in [0.3, 0.4) is 0 Å². The first-order valence-corrected chi connectivity index (χ1v) is 11.0. The quantitative estimate of drug-likeness (QED) is 0.667. The summed E-state index contributed by atoms with van der Waals surface area (Å²) in [5.74, 6) is -0.961. The number of ether oxygens (including phenoxy) is 2. The number of sulfonamides is 1. The van der Waals surface area contributed by atoms with Gasteiger partial charge in [0.15, 0.2) is 11.5 Å². The van der Waals surface area contributed by atoms with Crippen molar-refractivity contribution in [2.45, 2.75) is 30.7 Å². The molecule has 9 nitrogen and oxygen atoms in total. The number of benzene rings is 2. The molecular formula is C21H24N2O7S. The minimum absolute atomic E-state index is 0.00564. The van der Waals surface area contributed by atoms with E-state index in [1.807, 2.05) is 0 Å². The molecular weight excluding hydrogens is 424 g/mol. The number of aryl methyl sites for hydroxylation is 1. The number of carbonyl (C=O) groups is 2. The molecule has 0 aliphatic carbocycles. The molecule has 1 atom stereocenters. The number of methoxy groups -OCH3 is 2. The summed E-state index contributed by atoms with van der Waals surface area (Å²) >= 11 is 0. The fourth-order valence-corrected chi connectivity index (χ4v) is 5.18. The van der Waals surface area contributed by atoms with Crippen LogP contribution in [0.2, 0.25) is 0 Å². The number of hydrogen-bond donors (Lipinski definition) is 2. The third-order valence-corrected chi connectivity index (χ3v) is 7.11. The lowest BCUT2D eigenvalue weighted by atomic mass is 10.1. The van der Waals surface area contributed by atoms with Crippen LogP contribution in [0, 0.1) is 6.92 Å². The van der Waals surface area contributed by atoms with E-state index in [2.05, 4.69) is 5.32 Å². The Balaban J connectivity index is 1.88. The number of carboxylic acids is 1. The van der Waals surface area contributed by atoms with E-state index in [4.69, 9.17) is 9.47 Å². The summed E-state index contributed by atoms with van der Waals surface area (Å²) in [6, 6.07) is 7.75. The molecule has 3 rings (SSSR count). The Morgan fingerprint density at radius 3 is 2.45 bits per heavy atom. The maximum Gasteiger partial charge on any atom is 0.335 e. The predicted octanol–water partition coefficient (Wildman–Crippen LogP) is 2.50. The minimum Gasteiger partial charge on any atom is -0.493 e. The summed E-state index contributed by atoms with van der Waals surface area (Å²) in [5.41, 5.74) is 1.04. The topological polar surface area (TPSA) is 122 Å². The van der Waals surface area contributed by atoms with Crippen LogP contribution in [-0.4, -0.2) is 56.5 Å². The Labute approximate surface area is 180 Å². The molecule has 1 amide bonds. The van der Waals surface area contributed by atoms with Gasteiger partial charge in [-0.25, -0.2) is 13.2 Å². The highest BCUT2D eigenvalue weighted by Crippen LogP contribution is 2.33. The third kappa shape index (κ3) is 4.49. The summed E-state index contributed by atoms with van der Waals surface area (Å²) in [7, 11) is -1.11. The van der Waals surface area contributed by atoms with Crippen molar-refractivity contribution in [3.63, 3.8) is 0 Å². The molecule has 0 spiro atoms. The number of anilines is 1. The van der Waals surface area contributed by atoms with Crippen molar-refractivity contribution in [3.8, 4) is 11.5 Å². The van der Waals surface area contributed by atoms with E-state index in [0.29, 0.717) is 29.8 Å². The molecule has 0 radical (unpaired) electrons. The van der Waals surface area contributed by atoms with Gasteiger partial charge in [0.2, 0.25) is 15.9 Å². The van der Waals surface area contributed by atoms with E-state index in [1.54, 1.807) is 13.0 Å². The summed E-state index contributed by atoms with van der Waals surface area (Å²) in [6.45, 7) is 1.93. The molecule has 2 aromatic rings. The molecule has 1 heterocycles. The van der Waals surface area contributed by atoms with Gasteiger partial charge in [-0.3, -0.25) is 4.79 Å². The van der Waals surface area contributed by atoms with Gasteiger partial charge in [0, 0.05) is 18.3 Å². The van der Waals surface area contributed by atoms with E-state index in [-0.39, 0.29) is 22.8 Å². The molecule has 1 fully saturated rings. The molecule has 1 saturated heterocycles. The van der Waals surface area contributed by atoms with E-state index >= 15 is 0 Å². The third-order valence-electron chi connectivity index (χ3n) is 5.21. The summed E-state index contributed by atoms with van der Waals surface area (Å²) in [4.78, 5) is 24.2. The predicted molar refractivity (Wildman–Crippen MR) is 113 cm³/mol. The van der Waals surface area contributed by atoms with Crippen molar-refractivity contribution in [3.05, 3.63) is 47.5 Å². The zero-order valence-corrected chi connectivity index (χ0v) is 18.2. The average molecular weight is 448 g/mol. The summed E-state index contributed by atoms with van der Waals surface area (Å²) in [6.07, 6.45) is 0.884. The molecule has 2 N–H and O–H groups in total. The van der Waals surface area contributed by atoms with Gasteiger partial charge in [-0.15, -0.1) is 0 Å². The van der Waals surface area contributed by atoms with E-state index < -0.39 is 27.9 Å².